The van der Waals surface area contributed by atoms with Crippen LogP contribution in [0.2, 0.25) is 0 Å². The van der Waals surface area contributed by atoms with Crippen molar-refractivity contribution in [2.75, 3.05) is 44.7 Å². The molecule has 0 amide bonds. The molecule has 2 aromatic carbocycles. The molecule has 0 atom stereocenters. The Morgan fingerprint density at radius 3 is 2.70 bits per heavy atom. The Morgan fingerprint density at radius 2 is 1.90 bits per heavy atom. The van der Waals surface area contributed by atoms with E-state index in [1.54, 1.807) is 6.07 Å². The molecule has 0 bridgehead atoms. The molecule has 0 spiro atoms. The van der Waals surface area contributed by atoms with Gasteiger partial charge < -0.3 is 15.4 Å². The third-order valence-electron chi connectivity index (χ3n) is 4.91. The predicted molar refractivity (Wildman–Crippen MR) is 127 cm³/mol. The Bertz CT molecular complexity index is 1070. The number of aromatic amines is 1. The fourth-order valence-corrected chi connectivity index (χ4v) is 3.63. The first-order valence-corrected chi connectivity index (χ1v) is 10.0. The number of nitrogens with one attached hydrogen (secondary N) is 3. The summed E-state index contributed by atoms with van der Waals surface area (Å²) in [4.78, 5) is 14.4. The van der Waals surface area contributed by atoms with Crippen LogP contribution in [0, 0.1) is 0 Å². The monoisotopic (exact) mass is 445 g/mol. The number of hydrogen-bond donors (Lipinski definition) is 3. The highest BCUT2D eigenvalue weighted by Gasteiger charge is 2.11. The summed E-state index contributed by atoms with van der Waals surface area (Å²) in [6.07, 6.45) is 0. The van der Waals surface area contributed by atoms with Crippen LogP contribution in [0.25, 0.3) is 22.0 Å². The van der Waals surface area contributed by atoms with Gasteiger partial charge in [0.25, 0.3) is 5.56 Å². The number of hydrogen-bond acceptors (Lipinski definition) is 5. The van der Waals surface area contributed by atoms with Gasteiger partial charge in [-0.1, -0.05) is 30.3 Å². The SMILES string of the molecule is Cl.O=c1[nH]nc(-c2cccc(NC(=S)NCCN3CCOCC3)c2)c2ccccc12. The number of benzene rings is 2. The molecule has 1 fully saturated rings. The molecule has 2 heterocycles. The molecular weight excluding hydrogens is 422 g/mol. The van der Waals surface area contributed by atoms with Crippen LogP contribution in [-0.2, 0) is 4.74 Å². The highest BCUT2D eigenvalue weighted by molar-refractivity contribution is 7.80. The largest absolute Gasteiger partial charge is 0.379 e. The molecule has 1 aliphatic heterocycles. The van der Waals surface area contributed by atoms with Crippen LogP contribution in [0.15, 0.2) is 53.3 Å². The van der Waals surface area contributed by atoms with Gasteiger partial charge in [0.2, 0.25) is 0 Å². The maximum Gasteiger partial charge on any atom is 0.272 e. The van der Waals surface area contributed by atoms with Crippen LogP contribution in [0.1, 0.15) is 0 Å². The Labute approximate surface area is 186 Å². The van der Waals surface area contributed by atoms with Crippen molar-refractivity contribution in [2.45, 2.75) is 0 Å². The van der Waals surface area contributed by atoms with Crippen molar-refractivity contribution in [1.29, 1.82) is 0 Å². The van der Waals surface area contributed by atoms with Crippen LogP contribution in [0.5, 0.6) is 0 Å². The summed E-state index contributed by atoms with van der Waals surface area (Å²) in [7, 11) is 0. The van der Waals surface area contributed by atoms with E-state index >= 15 is 0 Å². The minimum Gasteiger partial charge on any atom is -0.379 e. The second-order valence-corrected chi connectivity index (χ2v) is 7.27. The van der Waals surface area contributed by atoms with Gasteiger partial charge >= 0.3 is 0 Å². The van der Waals surface area contributed by atoms with Gasteiger partial charge in [-0.3, -0.25) is 9.69 Å². The summed E-state index contributed by atoms with van der Waals surface area (Å²) < 4.78 is 5.36. The number of halogens is 1. The number of anilines is 1. The Morgan fingerprint density at radius 1 is 1.13 bits per heavy atom. The molecule has 9 heteroatoms. The Hall–Kier alpha value is -2.52. The standard InChI is InChI=1S/C21H23N5O2S.ClH/c27-20-18-7-2-1-6-17(18)19(24-25-20)15-4-3-5-16(14-15)23-21(29)22-8-9-26-10-12-28-13-11-26;/h1-7,14H,8-13H2,(H,25,27)(H2,22,23,29);1H. The molecular formula is C21H24ClN5O2S. The lowest BCUT2D eigenvalue weighted by molar-refractivity contribution is 0.0389. The second kappa shape index (κ2) is 10.5. The number of H-pyrrole nitrogens is 1. The third kappa shape index (κ3) is 5.34. The smallest absolute Gasteiger partial charge is 0.272 e. The van der Waals surface area contributed by atoms with E-state index in [0.29, 0.717) is 10.5 Å². The van der Waals surface area contributed by atoms with Crippen LogP contribution in [0.3, 0.4) is 0 Å². The van der Waals surface area contributed by atoms with Crippen molar-refractivity contribution >= 4 is 46.2 Å². The van der Waals surface area contributed by atoms with Crippen molar-refractivity contribution in [1.82, 2.24) is 20.4 Å². The molecule has 3 N–H and O–H groups in total. The van der Waals surface area contributed by atoms with E-state index in [1.165, 1.54) is 0 Å². The molecule has 0 radical (unpaired) electrons. The zero-order valence-corrected chi connectivity index (χ0v) is 18.0. The second-order valence-electron chi connectivity index (χ2n) is 6.86. The number of nitrogens with zero attached hydrogens (tertiary/aromatic N) is 2. The number of ether oxygens (including phenoxy) is 1. The van der Waals surface area contributed by atoms with Crippen molar-refractivity contribution in [3.05, 3.63) is 58.9 Å². The van der Waals surface area contributed by atoms with Gasteiger partial charge in [0.05, 0.1) is 24.3 Å². The molecule has 1 aromatic heterocycles. The predicted octanol–water partition coefficient (Wildman–Crippen LogP) is 2.63. The van der Waals surface area contributed by atoms with Crippen molar-refractivity contribution in [3.8, 4) is 11.3 Å². The molecule has 1 saturated heterocycles. The molecule has 30 heavy (non-hydrogen) atoms. The average molecular weight is 446 g/mol. The summed E-state index contributed by atoms with van der Waals surface area (Å²) in [6, 6.07) is 15.3. The van der Waals surface area contributed by atoms with E-state index in [2.05, 4.69) is 25.7 Å². The summed E-state index contributed by atoms with van der Waals surface area (Å²) in [5.41, 5.74) is 2.31. The van der Waals surface area contributed by atoms with E-state index in [-0.39, 0.29) is 18.0 Å². The summed E-state index contributed by atoms with van der Waals surface area (Å²) in [6.45, 7) is 5.22. The zero-order valence-electron chi connectivity index (χ0n) is 16.4. The molecule has 158 valence electrons. The minimum absolute atomic E-state index is 0. The fourth-order valence-electron chi connectivity index (χ4n) is 3.41. The van der Waals surface area contributed by atoms with Gasteiger partial charge in [0, 0.05) is 42.8 Å². The van der Waals surface area contributed by atoms with Gasteiger partial charge in [-0.05, 0) is 30.4 Å². The molecule has 4 rings (SSSR count). The van der Waals surface area contributed by atoms with Gasteiger partial charge in [0.1, 0.15) is 0 Å². The average Bonchev–Trinajstić information content (AvgIpc) is 2.75. The highest BCUT2D eigenvalue weighted by Crippen LogP contribution is 2.26. The Balaban J connectivity index is 0.00000256. The third-order valence-corrected chi connectivity index (χ3v) is 5.15. The maximum absolute atomic E-state index is 12.0. The van der Waals surface area contributed by atoms with Gasteiger partial charge in [-0.2, -0.15) is 5.10 Å². The van der Waals surface area contributed by atoms with Crippen LogP contribution in [-0.4, -0.2) is 59.6 Å². The number of thiocarbonyl (C=S) groups is 1. The number of rotatable bonds is 5. The van der Waals surface area contributed by atoms with Gasteiger partial charge in [-0.15, -0.1) is 12.4 Å². The molecule has 0 unspecified atom stereocenters. The summed E-state index contributed by atoms with van der Waals surface area (Å²) in [5.74, 6) is 0. The molecule has 7 nitrogen and oxygen atoms in total. The first-order valence-electron chi connectivity index (χ1n) is 9.63. The Kier molecular flexibility index (Phi) is 7.75. The number of fused-ring (bicyclic) bond motifs is 1. The van der Waals surface area contributed by atoms with E-state index < -0.39 is 0 Å². The van der Waals surface area contributed by atoms with E-state index in [9.17, 15) is 4.79 Å². The normalized spacial score (nSPS) is 14.1. The van der Waals surface area contributed by atoms with Crippen molar-refractivity contribution in [2.24, 2.45) is 0 Å². The molecule has 0 saturated carbocycles. The van der Waals surface area contributed by atoms with Crippen molar-refractivity contribution in [3.63, 3.8) is 0 Å². The van der Waals surface area contributed by atoms with E-state index in [4.69, 9.17) is 17.0 Å². The van der Waals surface area contributed by atoms with Crippen LogP contribution in [0.4, 0.5) is 5.69 Å². The topological polar surface area (TPSA) is 82.3 Å². The van der Waals surface area contributed by atoms with Gasteiger partial charge in [-0.25, -0.2) is 5.10 Å². The van der Waals surface area contributed by atoms with Crippen molar-refractivity contribution < 1.29 is 4.74 Å². The van der Waals surface area contributed by atoms with E-state index in [0.717, 1.165) is 61.7 Å². The van der Waals surface area contributed by atoms with Crippen LogP contribution >= 0.6 is 24.6 Å². The summed E-state index contributed by atoms with van der Waals surface area (Å²) in [5, 5.41) is 15.3. The first kappa shape index (κ1) is 22.2. The summed E-state index contributed by atoms with van der Waals surface area (Å²) >= 11 is 5.43. The quantitative estimate of drug-likeness (QED) is 0.521. The van der Waals surface area contributed by atoms with Gasteiger partial charge in [0.15, 0.2) is 5.11 Å². The lowest BCUT2D eigenvalue weighted by atomic mass is 10.0. The fraction of sp³-hybridized carbons (Fsp3) is 0.286. The zero-order chi connectivity index (χ0) is 20.1. The maximum atomic E-state index is 12.0. The van der Waals surface area contributed by atoms with E-state index in [1.807, 2.05) is 42.5 Å². The molecule has 1 aliphatic rings. The number of morpholine rings is 1. The minimum atomic E-state index is -0.190. The number of aromatic nitrogens is 2. The molecule has 0 aliphatic carbocycles. The first-order chi connectivity index (χ1) is 14.2. The highest BCUT2D eigenvalue weighted by atomic mass is 35.5. The molecule has 3 aromatic rings. The van der Waals surface area contributed by atoms with Crippen LogP contribution < -0.4 is 16.2 Å². The lowest BCUT2D eigenvalue weighted by Gasteiger charge is -2.26. The lowest BCUT2D eigenvalue weighted by Crippen LogP contribution is -2.42.